The molecule has 0 saturated carbocycles. The van der Waals surface area contributed by atoms with Crippen molar-refractivity contribution in [1.29, 1.82) is 0 Å². The van der Waals surface area contributed by atoms with E-state index in [0.717, 1.165) is 22.1 Å². The Kier molecular flexibility index (Phi) is 10.5. The van der Waals surface area contributed by atoms with Gasteiger partial charge in [0.2, 0.25) is 0 Å². The summed E-state index contributed by atoms with van der Waals surface area (Å²) in [6, 6.07) is 27.4. The molecule has 1 saturated heterocycles. The highest BCUT2D eigenvalue weighted by molar-refractivity contribution is 7.90. The molecule has 0 unspecified atom stereocenters. The lowest BCUT2D eigenvalue weighted by atomic mass is 9.84. The Bertz CT molecular complexity index is 2120. The second-order valence-electron chi connectivity index (χ2n) is 12.2. The number of carboxylic acid groups (broad SMARTS) is 1. The van der Waals surface area contributed by atoms with Crippen molar-refractivity contribution < 1.29 is 36.3 Å². The molecule has 1 fully saturated rings. The number of carboxylic acids is 1. The summed E-state index contributed by atoms with van der Waals surface area (Å²) in [5.41, 5.74) is -0.351. The lowest BCUT2D eigenvalue weighted by Gasteiger charge is -2.31. The van der Waals surface area contributed by atoms with E-state index in [1.54, 1.807) is 53.2 Å². The van der Waals surface area contributed by atoms with Crippen molar-refractivity contribution in [3.8, 4) is 5.69 Å². The number of nitrogens with one attached hydrogen (secondary N) is 1. The zero-order chi connectivity index (χ0) is 36.5. The molecule has 15 heteroatoms. The number of benzene rings is 4. The summed E-state index contributed by atoms with van der Waals surface area (Å²) in [6.07, 6.45) is 0.0314. The number of nitrogens with zero attached hydrogens (tertiary/aromatic N) is 3. The number of hydrogen-bond donors (Lipinski definition) is 2. The molecule has 51 heavy (non-hydrogen) atoms. The smallest absolute Gasteiger partial charge is 0.481 e. The molecular weight excluding hydrogens is 728 g/mol. The molecule has 2 N–H and O–H groups in total. The number of alkyl halides is 3. The zero-order valence-electron chi connectivity index (χ0n) is 26.8. The van der Waals surface area contributed by atoms with E-state index in [4.69, 9.17) is 33.4 Å². The van der Waals surface area contributed by atoms with Gasteiger partial charge < -0.3 is 10.4 Å². The fraction of sp³-hybridized carbons (Fsp3) is 0.250. The average Bonchev–Trinajstić information content (AvgIpc) is 3.48. The van der Waals surface area contributed by atoms with Gasteiger partial charge in [-0.3, -0.25) is 9.59 Å². The number of halogens is 5. The molecule has 0 spiro atoms. The molecule has 1 aromatic heterocycles. The summed E-state index contributed by atoms with van der Waals surface area (Å²) >= 11 is 12.4. The Morgan fingerprint density at radius 3 is 1.94 bits per heavy atom. The first-order chi connectivity index (χ1) is 24.2. The fourth-order valence-corrected chi connectivity index (χ4v) is 7.62. The van der Waals surface area contributed by atoms with Gasteiger partial charge in [0.15, 0.2) is 0 Å². The van der Waals surface area contributed by atoms with Crippen LogP contribution in [0.2, 0.25) is 10.0 Å². The van der Waals surface area contributed by atoms with Crippen LogP contribution in [0.3, 0.4) is 0 Å². The normalized spacial score (nSPS) is 14.6. The molecule has 1 aliphatic heterocycles. The summed E-state index contributed by atoms with van der Waals surface area (Å²) in [5, 5.41) is 18.3. The first-order valence-electron chi connectivity index (χ1n) is 15.9. The van der Waals surface area contributed by atoms with Crippen LogP contribution in [0.1, 0.15) is 63.8 Å². The summed E-state index contributed by atoms with van der Waals surface area (Å²) < 4.78 is 66.5. The van der Waals surface area contributed by atoms with E-state index in [1.807, 2.05) is 42.5 Å². The molecule has 0 radical (unpaired) electrons. The molecule has 5 aromatic rings. The number of hydrogen-bond acceptors (Lipinski definition) is 5. The number of amides is 1. The summed E-state index contributed by atoms with van der Waals surface area (Å²) in [7, 11) is -5.47. The fourth-order valence-electron chi connectivity index (χ4n) is 6.38. The van der Waals surface area contributed by atoms with Crippen molar-refractivity contribution in [2.75, 3.05) is 19.6 Å². The summed E-state index contributed by atoms with van der Waals surface area (Å²) in [5.74, 6) is -2.07. The Morgan fingerprint density at radius 2 is 1.41 bits per heavy atom. The Balaban J connectivity index is 1.42. The van der Waals surface area contributed by atoms with Crippen LogP contribution in [0.5, 0.6) is 0 Å². The number of carbonyl (C=O) groups is 2. The van der Waals surface area contributed by atoms with Crippen molar-refractivity contribution in [2.45, 2.75) is 36.6 Å². The Hall–Kier alpha value is -4.43. The van der Waals surface area contributed by atoms with Gasteiger partial charge in [-0.2, -0.15) is 22.6 Å². The summed E-state index contributed by atoms with van der Waals surface area (Å²) in [4.78, 5) is 23.4. The maximum absolute atomic E-state index is 13.3. The molecule has 0 bridgehead atoms. The van der Waals surface area contributed by atoms with Crippen molar-refractivity contribution in [3.05, 3.63) is 129 Å². The maximum atomic E-state index is 13.3. The van der Waals surface area contributed by atoms with E-state index < -0.39 is 27.4 Å². The quantitative estimate of drug-likeness (QED) is 0.141. The third-order valence-corrected chi connectivity index (χ3v) is 11.1. The van der Waals surface area contributed by atoms with E-state index in [1.165, 1.54) is 0 Å². The van der Waals surface area contributed by atoms with Gasteiger partial charge in [0.05, 0.1) is 23.3 Å². The van der Waals surface area contributed by atoms with Crippen LogP contribution in [0.4, 0.5) is 13.2 Å². The average molecular weight is 760 g/mol. The molecule has 6 rings (SSSR count). The highest BCUT2D eigenvalue weighted by Crippen LogP contribution is 2.40. The van der Waals surface area contributed by atoms with E-state index >= 15 is 0 Å². The molecule has 9 nitrogen and oxygen atoms in total. The molecular formula is C36H31Cl2F3N4O5S. The van der Waals surface area contributed by atoms with Gasteiger partial charge in [-0.05, 0) is 90.2 Å². The van der Waals surface area contributed by atoms with Crippen molar-refractivity contribution in [1.82, 2.24) is 19.4 Å². The highest BCUT2D eigenvalue weighted by Gasteiger charge is 2.50. The van der Waals surface area contributed by atoms with Crippen LogP contribution < -0.4 is 5.32 Å². The minimum atomic E-state index is -5.47. The van der Waals surface area contributed by atoms with Gasteiger partial charge in [-0.1, -0.05) is 53.5 Å². The van der Waals surface area contributed by atoms with Crippen molar-refractivity contribution in [2.24, 2.45) is 0 Å². The van der Waals surface area contributed by atoms with Gasteiger partial charge in [0.1, 0.15) is 0 Å². The van der Waals surface area contributed by atoms with E-state index in [9.17, 15) is 31.2 Å². The standard InChI is InChI=1S/C36H31Cl2F3N4O5S/c37-27-8-1-22(2-9-27)33(23-3-10-28(38)11-4-23)26-7-14-31-30(21-26)34(24-16-19-44(20-17-24)51(49,50)36(39,40)41)43-45(31)29-12-5-25(6-13-29)35(48)42-18-15-32(46)47/h1-14,21,24,33H,15-20H2,(H,42,48)(H,46,47). The number of rotatable bonds is 10. The lowest BCUT2D eigenvalue weighted by molar-refractivity contribution is -0.136. The number of sulfonamides is 1. The molecule has 266 valence electrons. The van der Waals surface area contributed by atoms with E-state index in [-0.39, 0.29) is 50.7 Å². The number of carbonyl (C=O) groups excluding carboxylic acids is 1. The monoisotopic (exact) mass is 758 g/mol. The van der Waals surface area contributed by atoms with Crippen molar-refractivity contribution in [3.63, 3.8) is 0 Å². The summed E-state index contributed by atoms with van der Waals surface area (Å²) in [6.45, 7) is -0.656. The lowest BCUT2D eigenvalue weighted by Crippen LogP contribution is -2.44. The van der Waals surface area contributed by atoms with Crippen LogP contribution in [0.15, 0.2) is 91.0 Å². The largest absolute Gasteiger partial charge is 0.511 e. The number of aliphatic carboxylic acids is 1. The first kappa shape index (κ1) is 36.4. The second-order valence-corrected chi connectivity index (χ2v) is 15.0. The van der Waals surface area contributed by atoms with Crippen LogP contribution >= 0.6 is 23.2 Å². The first-order valence-corrected chi connectivity index (χ1v) is 18.1. The van der Waals surface area contributed by atoms with Gasteiger partial charge in [-0.15, -0.1) is 0 Å². The minimum absolute atomic E-state index is 0.0263. The second kappa shape index (κ2) is 14.7. The third-order valence-electron chi connectivity index (χ3n) is 8.94. The van der Waals surface area contributed by atoms with Gasteiger partial charge >= 0.3 is 21.5 Å². The van der Waals surface area contributed by atoms with E-state index in [2.05, 4.69) is 5.32 Å². The third kappa shape index (κ3) is 7.76. The van der Waals surface area contributed by atoms with Gasteiger partial charge in [0, 0.05) is 52.5 Å². The molecule has 1 aliphatic rings. The van der Waals surface area contributed by atoms with Crippen LogP contribution in [0, 0.1) is 0 Å². The number of aromatic nitrogens is 2. The minimum Gasteiger partial charge on any atom is -0.481 e. The van der Waals surface area contributed by atoms with Crippen LogP contribution in [0.25, 0.3) is 16.6 Å². The topological polar surface area (TPSA) is 122 Å². The van der Waals surface area contributed by atoms with Gasteiger partial charge in [0.25, 0.3) is 5.91 Å². The predicted octanol–water partition coefficient (Wildman–Crippen LogP) is 7.75. The van der Waals surface area contributed by atoms with Crippen LogP contribution in [-0.4, -0.2) is 64.6 Å². The van der Waals surface area contributed by atoms with Crippen LogP contribution in [-0.2, 0) is 14.8 Å². The molecule has 2 heterocycles. The molecule has 0 aliphatic carbocycles. The van der Waals surface area contributed by atoms with Crippen molar-refractivity contribution >= 4 is 56.0 Å². The maximum Gasteiger partial charge on any atom is 0.511 e. The molecule has 4 aromatic carbocycles. The van der Waals surface area contributed by atoms with Gasteiger partial charge in [-0.25, -0.2) is 13.1 Å². The zero-order valence-corrected chi connectivity index (χ0v) is 29.1. The predicted molar refractivity (Wildman–Crippen MR) is 188 cm³/mol. The Labute approximate surface area is 301 Å². The molecule has 0 atom stereocenters. The SMILES string of the molecule is O=C(O)CCNC(=O)c1ccc(-n2nc(C3CCN(S(=O)(=O)C(F)(F)F)CC3)c3cc(C(c4ccc(Cl)cc4)c4ccc(Cl)cc4)ccc32)cc1. The number of fused-ring (bicyclic) bond motifs is 1. The highest BCUT2D eigenvalue weighted by atomic mass is 35.5. The number of piperidine rings is 1. The molecule has 1 amide bonds. The van der Waals surface area contributed by atoms with E-state index in [0.29, 0.717) is 36.8 Å². The Morgan fingerprint density at radius 1 is 0.863 bits per heavy atom.